The van der Waals surface area contributed by atoms with Crippen LogP contribution >= 0.6 is 11.8 Å². The predicted octanol–water partition coefficient (Wildman–Crippen LogP) is 4.71. The van der Waals surface area contributed by atoms with Gasteiger partial charge in [0.2, 0.25) is 5.91 Å². The van der Waals surface area contributed by atoms with Gasteiger partial charge in [-0.15, -0.1) is 0 Å². The van der Waals surface area contributed by atoms with Crippen LogP contribution in [0.1, 0.15) is 32.8 Å². The van der Waals surface area contributed by atoms with Crippen LogP contribution in [0.4, 0.5) is 10.5 Å². The number of nitrogens with zero attached hydrogens (tertiary/aromatic N) is 1. The van der Waals surface area contributed by atoms with Crippen molar-refractivity contribution in [2.75, 3.05) is 31.7 Å². The summed E-state index contributed by atoms with van der Waals surface area (Å²) in [7, 11) is 0. The third-order valence-electron chi connectivity index (χ3n) is 5.47. The number of anilines is 1. The molecule has 2 heterocycles. The average molecular weight is 513 g/mol. The van der Waals surface area contributed by atoms with E-state index in [-0.39, 0.29) is 11.0 Å². The van der Waals surface area contributed by atoms with Crippen LogP contribution in [0, 0.1) is 0 Å². The molecule has 10 heteroatoms. The zero-order valence-corrected chi connectivity index (χ0v) is 21.2. The molecular formula is C26H28N2O7S. The van der Waals surface area contributed by atoms with Crippen molar-refractivity contribution < 1.29 is 33.3 Å². The standard InChI is InChI=1S/C26H28N2O7S/c1-4-16(3)35-20-8-6-17(12-21(20)32-5-2)13-23-25(30)28(26(31)36-23)15-24(29)27-18-7-9-19-22(14-18)34-11-10-33-19/h6-9,12-14,16H,4-5,10-11,15H2,1-3H3,(H,27,29)/b23-13+/t16-/m1/s1. The number of hydrogen-bond donors (Lipinski definition) is 1. The molecule has 4 rings (SSSR count). The highest BCUT2D eigenvalue weighted by Crippen LogP contribution is 2.36. The summed E-state index contributed by atoms with van der Waals surface area (Å²) in [5.74, 6) is 1.28. The Kier molecular flexibility index (Phi) is 8.04. The molecule has 0 unspecified atom stereocenters. The number of thioether (sulfide) groups is 1. The molecule has 1 saturated heterocycles. The smallest absolute Gasteiger partial charge is 0.294 e. The highest BCUT2D eigenvalue weighted by Gasteiger charge is 2.36. The number of carbonyl (C=O) groups is 3. The Balaban J connectivity index is 1.44. The number of hydrogen-bond acceptors (Lipinski definition) is 8. The first kappa shape index (κ1) is 25.4. The maximum Gasteiger partial charge on any atom is 0.294 e. The second-order valence-corrected chi connectivity index (χ2v) is 9.14. The van der Waals surface area contributed by atoms with Gasteiger partial charge in [0, 0.05) is 11.8 Å². The monoisotopic (exact) mass is 512 g/mol. The number of rotatable bonds is 9. The SMILES string of the molecule is CCOc1cc(/C=C2/SC(=O)N(CC(=O)Nc3ccc4c(c3)OCCO4)C2=O)ccc1O[C@H](C)CC. The van der Waals surface area contributed by atoms with Crippen molar-refractivity contribution >= 4 is 40.6 Å². The Labute approximate surface area is 213 Å². The van der Waals surface area contributed by atoms with Gasteiger partial charge in [-0.3, -0.25) is 19.3 Å². The summed E-state index contributed by atoms with van der Waals surface area (Å²) in [4.78, 5) is 39.1. The lowest BCUT2D eigenvalue weighted by atomic mass is 10.1. The molecule has 0 spiro atoms. The molecule has 190 valence electrons. The maximum absolute atomic E-state index is 12.9. The molecule has 1 fully saturated rings. The Morgan fingerprint density at radius 3 is 2.64 bits per heavy atom. The highest BCUT2D eigenvalue weighted by molar-refractivity contribution is 8.18. The van der Waals surface area contributed by atoms with E-state index in [1.807, 2.05) is 20.8 Å². The van der Waals surface area contributed by atoms with Gasteiger partial charge in [-0.1, -0.05) is 13.0 Å². The molecule has 2 aromatic carbocycles. The van der Waals surface area contributed by atoms with E-state index in [4.69, 9.17) is 18.9 Å². The van der Waals surface area contributed by atoms with E-state index >= 15 is 0 Å². The fraction of sp³-hybridized carbons (Fsp3) is 0.346. The molecule has 36 heavy (non-hydrogen) atoms. The molecule has 0 radical (unpaired) electrons. The molecule has 2 aliphatic heterocycles. The van der Waals surface area contributed by atoms with E-state index in [0.717, 1.165) is 23.1 Å². The summed E-state index contributed by atoms with van der Waals surface area (Å²) < 4.78 is 22.6. The van der Waals surface area contributed by atoms with Crippen LogP contribution < -0.4 is 24.3 Å². The Morgan fingerprint density at radius 1 is 1.11 bits per heavy atom. The molecule has 3 amide bonds. The molecule has 0 aromatic heterocycles. The molecule has 0 bridgehead atoms. The fourth-order valence-electron chi connectivity index (χ4n) is 3.53. The van der Waals surface area contributed by atoms with Gasteiger partial charge in [0.25, 0.3) is 11.1 Å². The number of fused-ring (bicyclic) bond motifs is 1. The Morgan fingerprint density at radius 2 is 1.89 bits per heavy atom. The van der Waals surface area contributed by atoms with Gasteiger partial charge in [-0.05, 0) is 67.9 Å². The molecule has 2 aliphatic rings. The molecular weight excluding hydrogens is 484 g/mol. The van der Waals surface area contributed by atoms with E-state index in [9.17, 15) is 14.4 Å². The van der Waals surface area contributed by atoms with Crippen molar-refractivity contribution in [3.63, 3.8) is 0 Å². The molecule has 2 aromatic rings. The lowest BCUT2D eigenvalue weighted by Crippen LogP contribution is -2.36. The summed E-state index contributed by atoms with van der Waals surface area (Å²) in [6, 6.07) is 10.4. The Bertz CT molecular complexity index is 1200. The maximum atomic E-state index is 12.9. The third-order valence-corrected chi connectivity index (χ3v) is 6.38. The largest absolute Gasteiger partial charge is 0.490 e. The van der Waals surface area contributed by atoms with Gasteiger partial charge in [0.05, 0.1) is 17.6 Å². The molecule has 1 atom stereocenters. The highest BCUT2D eigenvalue weighted by atomic mass is 32.2. The first-order valence-electron chi connectivity index (χ1n) is 11.8. The van der Waals surface area contributed by atoms with Crippen LogP contribution in [-0.4, -0.2) is 54.4 Å². The van der Waals surface area contributed by atoms with Crippen molar-refractivity contribution in [1.82, 2.24) is 4.90 Å². The van der Waals surface area contributed by atoms with Crippen LogP contribution in [0.15, 0.2) is 41.3 Å². The number of ether oxygens (including phenoxy) is 4. The summed E-state index contributed by atoms with van der Waals surface area (Å²) in [6.45, 7) is 6.83. The van der Waals surface area contributed by atoms with Gasteiger partial charge in [-0.25, -0.2) is 0 Å². The topological polar surface area (TPSA) is 103 Å². The van der Waals surface area contributed by atoms with Crippen molar-refractivity contribution in [3.8, 4) is 23.0 Å². The molecule has 1 N–H and O–H groups in total. The quantitative estimate of drug-likeness (QED) is 0.482. The number of amides is 3. The number of nitrogens with one attached hydrogen (secondary N) is 1. The minimum Gasteiger partial charge on any atom is -0.490 e. The van der Waals surface area contributed by atoms with Crippen LogP contribution in [-0.2, 0) is 9.59 Å². The van der Waals surface area contributed by atoms with Crippen LogP contribution in [0.25, 0.3) is 6.08 Å². The summed E-state index contributed by atoms with van der Waals surface area (Å²) >= 11 is 0.791. The molecule has 9 nitrogen and oxygen atoms in total. The minimum atomic E-state index is -0.528. The third kappa shape index (κ3) is 5.93. The van der Waals surface area contributed by atoms with Crippen LogP contribution in [0.3, 0.4) is 0 Å². The first-order valence-corrected chi connectivity index (χ1v) is 12.6. The normalized spacial score (nSPS) is 16.8. The lowest BCUT2D eigenvalue weighted by molar-refractivity contribution is -0.127. The van der Waals surface area contributed by atoms with Gasteiger partial charge in [0.1, 0.15) is 19.8 Å². The molecule has 0 saturated carbocycles. The van der Waals surface area contributed by atoms with E-state index in [2.05, 4.69) is 5.32 Å². The van der Waals surface area contributed by atoms with E-state index in [1.54, 1.807) is 42.5 Å². The van der Waals surface area contributed by atoms with Gasteiger partial charge >= 0.3 is 0 Å². The second-order valence-electron chi connectivity index (χ2n) is 8.15. The van der Waals surface area contributed by atoms with Crippen molar-refractivity contribution in [2.24, 2.45) is 0 Å². The molecule has 0 aliphatic carbocycles. The van der Waals surface area contributed by atoms with Crippen LogP contribution in [0.2, 0.25) is 0 Å². The van der Waals surface area contributed by atoms with Gasteiger partial charge < -0.3 is 24.3 Å². The zero-order chi connectivity index (χ0) is 25.7. The summed E-state index contributed by atoms with van der Waals surface area (Å²) in [5, 5.41) is 2.18. The number of imide groups is 1. The van der Waals surface area contributed by atoms with E-state index in [1.165, 1.54) is 0 Å². The van der Waals surface area contributed by atoms with Crippen molar-refractivity contribution in [1.29, 1.82) is 0 Å². The van der Waals surface area contributed by atoms with Gasteiger partial charge in [0.15, 0.2) is 23.0 Å². The predicted molar refractivity (Wildman–Crippen MR) is 137 cm³/mol. The average Bonchev–Trinajstić information content (AvgIpc) is 3.12. The van der Waals surface area contributed by atoms with E-state index in [0.29, 0.717) is 54.1 Å². The number of benzene rings is 2. The van der Waals surface area contributed by atoms with Crippen molar-refractivity contribution in [3.05, 3.63) is 46.9 Å². The number of carbonyl (C=O) groups excluding carboxylic acids is 3. The second kappa shape index (κ2) is 11.4. The lowest BCUT2D eigenvalue weighted by Gasteiger charge is -2.19. The summed E-state index contributed by atoms with van der Waals surface area (Å²) in [6.07, 6.45) is 2.49. The van der Waals surface area contributed by atoms with Gasteiger partial charge in [-0.2, -0.15) is 0 Å². The van der Waals surface area contributed by atoms with Crippen molar-refractivity contribution in [2.45, 2.75) is 33.3 Å². The fourth-order valence-corrected chi connectivity index (χ4v) is 4.37. The summed E-state index contributed by atoms with van der Waals surface area (Å²) in [5.41, 5.74) is 1.16. The zero-order valence-electron chi connectivity index (χ0n) is 20.4. The Hall–Kier alpha value is -3.66. The first-order chi connectivity index (χ1) is 17.4. The minimum absolute atomic E-state index is 0.0277. The van der Waals surface area contributed by atoms with Crippen LogP contribution in [0.5, 0.6) is 23.0 Å². The van der Waals surface area contributed by atoms with E-state index < -0.39 is 23.6 Å².